The van der Waals surface area contributed by atoms with Gasteiger partial charge in [0.2, 0.25) is 0 Å². The van der Waals surface area contributed by atoms with Crippen LogP contribution in [0.3, 0.4) is 0 Å². The molecule has 1 aliphatic rings. The summed E-state index contributed by atoms with van der Waals surface area (Å²) in [6.45, 7) is 0.0963. The highest BCUT2D eigenvalue weighted by atomic mass is 19.4. The van der Waals surface area contributed by atoms with Crippen molar-refractivity contribution in [3.8, 4) is 28.7 Å². The summed E-state index contributed by atoms with van der Waals surface area (Å²) in [6, 6.07) is 42.6. The Morgan fingerprint density at radius 1 is 0.587 bits per heavy atom. The number of aliphatic carboxylic acids is 1. The largest absolute Gasteiger partial charge is 0.488 e. The number of benzene rings is 6. The van der Waals surface area contributed by atoms with Crippen LogP contribution in [0, 0.1) is 0 Å². The van der Waals surface area contributed by atoms with Gasteiger partial charge in [-0.2, -0.15) is 13.2 Å². The molecule has 1 aliphatic heterocycles. The molecular weight excluding hydrogens is 818 g/mol. The summed E-state index contributed by atoms with van der Waals surface area (Å²) in [6.07, 6.45) is -8.73. The molecule has 0 radical (unpaired) electrons. The number of esters is 1. The zero-order chi connectivity index (χ0) is 44.2. The van der Waals surface area contributed by atoms with Crippen LogP contribution >= 0.6 is 0 Å². The van der Waals surface area contributed by atoms with Crippen molar-refractivity contribution in [1.82, 2.24) is 0 Å². The lowest BCUT2D eigenvalue weighted by Gasteiger charge is -2.36. The summed E-state index contributed by atoms with van der Waals surface area (Å²) in [5.41, 5.74) is 2.56. The van der Waals surface area contributed by atoms with Crippen molar-refractivity contribution in [2.75, 3.05) is 0 Å². The Morgan fingerprint density at radius 2 is 1.06 bits per heavy atom. The third kappa shape index (κ3) is 11.8. The average Bonchev–Trinajstić information content (AvgIpc) is 3.29. The van der Waals surface area contributed by atoms with E-state index in [4.69, 9.17) is 28.4 Å². The number of rotatable bonds is 19. The lowest BCUT2D eigenvalue weighted by molar-refractivity contribution is -0.155. The summed E-state index contributed by atoms with van der Waals surface area (Å²) in [7, 11) is 0. The van der Waals surface area contributed by atoms with E-state index in [1.807, 2.05) is 66.7 Å². The number of carbonyl (C=O) groups is 3. The third-order valence-electron chi connectivity index (χ3n) is 10.1. The van der Waals surface area contributed by atoms with Gasteiger partial charge in [-0.25, -0.2) is 0 Å². The monoisotopic (exact) mass is 860 g/mol. The molecule has 0 bridgehead atoms. The van der Waals surface area contributed by atoms with Gasteiger partial charge in [-0.3, -0.25) is 14.4 Å². The first kappa shape index (κ1) is 43.8. The molecule has 63 heavy (non-hydrogen) atoms. The maximum Gasteiger partial charge on any atom is 0.455 e. The van der Waals surface area contributed by atoms with Crippen molar-refractivity contribution in [2.45, 2.75) is 70.5 Å². The van der Waals surface area contributed by atoms with Gasteiger partial charge in [-0.15, -0.1) is 0 Å². The van der Waals surface area contributed by atoms with Crippen molar-refractivity contribution in [2.24, 2.45) is 0 Å². The highest BCUT2D eigenvalue weighted by Gasteiger charge is 2.47. The second kappa shape index (κ2) is 20.5. The second-order valence-electron chi connectivity index (χ2n) is 14.7. The lowest BCUT2D eigenvalue weighted by atomic mass is 9.90. The molecular formula is C50H43F3O10. The smallest absolute Gasteiger partial charge is 0.455 e. The summed E-state index contributed by atoms with van der Waals surface area (Å²) in [5, 5.41) is 9.21. The van der Waals surface area contributed by atoms with Crippen molar-refractivity contribution >= 4 is 17.7 Å². The fourth-order valence-corrected chi connectivity index (χ4v) is 6.96. The first-order valence-electron chi connectivity index (χ1n) is 20.2. The summed E-state index contributed by atoms with van der Waals surface area (Å²) in [4.78, 5) is 38.2. The van der Waals surface area contributed by atoms with Gasteiger partial charge in [0.15, 0.2) is 17.6 Å². The molecule has 13 heteroatoms. The maximum atomic E-state index is 14.6. The number of Topliss-reactive ketones (excluding diaryl/α,β-unsaturated/α-hetero) is 1. The van der Waals surface area contributed by atoms with Crippen LogP contribution in [0.25, 0.3) is 0 Å². The number of ether oxygens (including phenoxy) is 6. The number of hydrogen-bond donors (Lipinski definition) is 1. The summed E-state index contributed by atoms with van der Waals surface area (Å²) >= 11 is 0. The van der Waals surface area contributed by atoms with Gasteiger partial charge in [-0.1, -0.05) is 127 Å². The predicted molar refractivity (Wildman–Crippen MR) is 225 cm³/mol. The fraction of sp³-hybridized carbons (Fsp3) is 0.220. The Hall–Kier alpha value is -7.28. The highest BCUT2D eigenvalue weighted by molar-refractivity contribution is 6.05. The van der Waals surface area contributed by atoms with Crippen LogP contribution in [0.5, 0.6) is 28.7 Å². The van der Waals surface area contributed by atoms with E-state index in [0.717, 1.165) is 16.7 Å². The van der Waals surface area contributed by atoms with E-state index in [9.17, 15) is 32.7 Å². The van der Waals surface area contributed by atoms with Crippen molar-refractivity contribution in [3.05, 3.63) is 185 Å². The molecule has 1 N–H and O–H groups in total. The maximum absolute atomic E-state index is 14.6. The van der Waals surface area contributed by atoms with Crippen LogP contribution in [-0.4, -0.2) is 35.1 Å². The molecule has 7 rings (SSSR count). The molecule has 1 heterocycles. The first-order valence-corrected chi connectivity index (χ1v) is 20.2. The number of ketones is 1. The van der Waals surface area contributed by atoms with Crippen LogP contribution in [0.1, 0.15) is 69.1 Å². The van der Waals surface area contributed by atoms with Crippen LogP contribution in [0.4, 0.5) is 13.2 Å². The Morgan fingerprint density at radius 3 is 1.56 bits per heavy atom. The number of carboxylic acids is 1. The average molecular weight is 861 g/mol. The van der Waals surface area contributed by atoms with Crippen LogP contribution in [0.15, 0.2) is 146 Å². The van der Waals surface area contributed by atoms with Crippen LogP contribution < -0.4 is 23.7 Å². The molecule has 6 aromatic rings. The van der Waals surface area contributed by atoms with Crippen LogP contribution in [-0.2, 0) is 47.2 Å². The molecule has 0 amide bonds. The summed E-state index contributed by atoms with van der Waals surface area (Å²) in [5.74, 6) is -4.31. The first-order chi connectivity index (χ1) is 30.5. The van der Waals surface area contributed by atoms with E-state index in [0.29, 0.717) is 16.9 Å². The minimum absolute atomic E-state index is 0.0202. The number of fused-ring (bicyclic) bond motifs is 1. The van der Waals surface area contributed by atoms with Gasteiger partial charge in [0.1, 0.15) is 55.3 Å². The zero-order valence-corrected chi connectivity index (χ0v) is 33.9. The number of alkyl halides is 3. The topological polar surface area (TPSA) is 127 Å². The molecule has 0 unspecified atom stereocenters. The Bertz CT molecular complexity index is 2480. The van der Waals surface area contributed by atoms with Gasteiger partial charge in [-0.05, 0) is 40.8 Å². The van der Waals surface area contributed by atoms with Gasteiger partial charge in [0.25, 0.3) is 5.78 Å². The quantitative estimate of drug-likeness (QED) is 0.0621. The van der Waals surface area contributed by atoms with Gasteiger partial charge in [0, 0.05) is 36.5 Å². The van der Waals surface area contributed by atoms with Crippen molar-refractivity contribution in [1.29, 1.82) is 0 Å². The van der Waals surface area contributed by atoms with E-state index in [1.165, 1.54) is 6.07 Å². The lowest BCUT2D eigenvalue weighted by Crippen LogP contribution is -2.36. The standard InChI is InChI=1S/C50H43F3O10/c51-50(52,53)49(57)46-42(61-32-36-20-11-4-12-21-36)28-40(59-30-34-16-7-2-8-17-34)38-27-43(62-45(56)23-13-22-44(54)55)47(63-48(38)46)37-24-25-39(58-29-33-14-5-1-6-15-33)41(26-37)60-31-35-18-9-3-10-19-35/h1-12,14-21,24-26,28,43,47H,13,22-23,27,29-32H2,(H,54,55)/t43-,47+/m0/s1. The minimum atomic E-state index is -5.35. The molecule has 0 fully saturated rings. The normalized spacial score (nSPS) is 14.4. The van der Waals surface area contributed by atoms with E-state index < -0.39 is 53.2 Å². The van der Waals surface area contributed by atoms with Crippen molar-refractivity contribution in [3.63, 3.8) is 0 Å². The summed E-state index contributed by atoms with van der Waals surface area (Å²) < 4.78 is 81.3. The van der Waals surface area contributed by atoms with Crippen molar-refractivity contribution < 1.29 is 61.1 Å². The molecule has 0 saturated heterocycles. The number of carboxylic acid groups (broad SMARTS) is 1. The second-order valence-corrected chi connectivity index (χ2v) is 14.7. The molecule has 2 atom stereocenters. The molecule has 0 aliphatic carbocycles. The van der Waals surface area contributed by atoms with E-state index in [-0.39, 0.29) is 69.2 Å². The van der Waals surface area contributed by atoms with Crippen LogP contribution in [0.2, 0.25) is 0 Å². The SMILES string of the molecule is O=C(O)CCCC(=O)O[C@H]1Cc2c(OCc3ccccc3)cc(OCc3ccccc3)c(C(=O)C(F)(F)F)c2O[C@@H]1c1ccc(OCc2ccccc2)c(OCc2ccccc2)c1. The Balaban J connectivity index is 1.34. The van der Waals surface area contributed by atoms with E-state index >= 15 is 0 Å². The van der Waals surface area contributed by atoms with E-state index in [1.54, 1.807) is 72.8 Å². The molecule has 10 nitrogen and oxygen atoms in total. The molecule has 0 aromatic heterocycles. The molecule has 0 saturated carbocycles. The Kier molecular flexibility index (Phi) is 14.3. The fourth-order valence-electron chi connectivity index (χ4n) is 6.96. The predicted octanol–water partition coefficient (Wildman–Crippen LogP) is 10.6. The molecule has 6 aromatic carbocycles. The highest BCUT2D eigenvalue weighted by Crippen LogP contribution is 2.49. The van der Waals surface area contributed by atoms with Gasteiger partial charge < -0.3 is 33.5 Å². The Labute approximate surface area is 361 Å². The number of hydrogen-bond acceptors (Lipinski definition) is 9. The molecule has 0 spiro atoms. The van der Waals surface area contributed by atoms with Gasteiger partial charge >= 0.3 is 18.1 Å². The number of halogens is 3. The number of carbonyl (C=O) groups excluding carboxylic acids is 2. The van der Waals surface area contributed by atoms with E-state index in [2.05, 4.69) is 0 Å². The molecule has 324 valence electrons. The third-order valence-corrected chi connectivity index (χ3v) is 10.1. The van der Waals surface area contributed by atoms with Gasteiger partial charge in [0.05, 0.1) is 0 Å². The minimum Gasteiger partial charge on any atom is -0.488 e. The zero-order valence-electron chi connectivity index (χ0n) is 33.9.